The highest BCUT2D eigenvalue weighted by molar-refractivity contribution is 8.00. The Morgan fingerprint density at radius 1 is 1.22 bits per heavy atom. The number of thioether (sulfide) groups is 1. The largest absolute Gasteiger partial charge is 0.550 e. The number of hydrogen-bond acceptors (Lipinski definition) is 6. The Hall–Kier alpha value is -2.15. The first-order valence-corrected chi connectivity index (χ1v) is 8.45. The van der Waals surface area contributed by atoms with E-state index >= 15 is 0 Å². The fourth-order valence-corrected chi connectivity index (χ4v) is 3.57. The maximum Gasteiger partial charge on any atom is 0.232 e. The first kappa shape index (κ1) is 15.7. The van der Waals surface area contributed by atoms with Crippen LogP contribution in [-0.4, -0.2) is 45.6 Å². The minimum absolute atomic E-state index is 0.00879. The van der Waals surface area contributed by atoms with E-state index in [0.29, 0.717) is 25.9 Å². The second-order valence-electron chi connectivity index (χ2n) is 5.46. The third-order valence-corrected chi connectivity index (χ3v) is 5.01. The summed E-state index contributed by atoms with van der Waals surface area (Å²) in [5, 5.41) is 12.6. The molecule has 0 radical (unpaired) electrons. The van der Waals surface area contributed by atoms with Crippen LogP contribution in [0.4, 0.5) is 0 Å². The molecular weight excluding hydrogens is 314 g/mol. The number of carbonyl (C=O) groups is 2. The fraction of sp³-hybridized carbons (Fsp3) is 0.375. The van der Waals surface area contributed by atoms with E-state index in [-0.39, 0.29) is 11.7 Å². The number of para-hydroxylation sites is 1. The lowest BCUT2D eigenvalue weighted by Gasteiger charge is -2.32. The number of amides is 1. The number of benzene rings is 1. The van der Waals surface area contributed by atoms with Gasteiger partial charge in [-0.1, -0.05) is 30.0 Å². The fourth-order valence-electron chi connectivity index (χ4n) is 2.68. The molecule has 1 saturated heterocycles. The lowest BCUT2D eigenvalue weighted by molar-refractivity contribution is -0.312. The molecular formula is C16H16N3O3S-. The van der Waals surface area contributed by atoms with Gasteiger partial charge in [-0.25, -0.2) is 9.97 Å². The Morgan fingerprint density at radius 2 is 1.96 bits per heavy atom. The summed E-state index contributed by atoms with van der Waals surface area (Å²) in [5.41, 5.74) is 0.854. The van der Waals surface area contributed by atoms with Gasteiger partial charge in [-0.15, -0.1) is 0 Å². The number of aromatic nitrogens is 2. The smallest absolute Gasteiger partial charge is 0.232 e. The van der Waals surface area contributed by atoms with Crippen LogP contribution in [0.1, 0.15) is 12.8 Å². The molecule has 2 heterocycles. The molecule has 0 unspecified atom stereocenters. The van der Waals surface area contributed by atoms with Crippen molar-refractivity contribution in [3.05, 3.63) is 30.6 Å². The Bertz CT molecular complexity index is 724. The number of hydrogen-bond donors (Lipinski definition) is 0. The van der Waals surface area contributed by atoms with E-state index in [4.69, 9.17) is 0 Å². The Balaban J connectivity index is 1.60. The van der Waals surface area contributed by atoms with E-state index in [1.54, 1.807) is 4.90 Å². The number of rotatable bonds is 4. The molecule has 1 aliphatic heterocycles. The zero-order valence-corrected chi connectivity index (χ0v) is 13.3. The van der Waals surface area contributed by atoms with Crippen LogP contribution in [0.5, 0.6) is 0 Å². The van der Waals surface area contributed by atoms with Crippen molar-refractivity contribution < 1.29 is 14.7 Å². The van der Waals surface area contributed by atoms with E-state index < -0.39 is 11.9 Å². The standard InChI is InChI=1S/C16H17N3O3S/c20-14(19-7-5-11(6-8-19)16(21)22)9-23-15-12-3-1-2-4-13(12)17-10-18-15/h1-4,10-11H,5-9H2,(H,21,22)/p-1. The summed E-state index contributed by atoms with van der Waals surface area (Å²) in [6.07, 6.45) is 2.44. The van der Waals surface area contributed by atoms with E-state index in [1.807, 2.05) is 24.3 Å². The van der Waals surface area contributed by atoms with Crippen LogP contribution in [-0.2, 0) is 9.59 Å². The summed E-state index contributed by atoms with van der Waals surface area (Å²) >= 11 is 1.39. The highest BCUT2D eigenvalue weighted by Crippen LogP contribution is 2.25. The molecule has 0 N–H and O–H groups in total. The van der Waals surface area contributed by atoms with E-state index in [0.717, 1.165) is 15.9 Å². The van der Waals surface area contributed by atoms with Crippen LogP contribution in [0.2, 0.25) is 0 Å². The van der Waals surface area contributed by atoms with Gasteiger partial charge < -0.3 is 14.8 Å². The van der Waals surface area contributed by atoms with Crippen molar-refractivity contribution in [3.63, 3.8) is 0 Å². The van der Waals surface area contributed by atoms with E-state index in [2.05, 4.69) is 9.97 Å². The highest BCUT2D eigenvalue weighted by Gasteiger charge is 2.23. The van der Waals surface area contributed by atoms with Crippen LogP contribution in [0.25, 0.3) is 10.9 Å². The van der Waals surface area contributed by atoms with Crippen LogP contribution in [0.15, 0.2) is 35.6 Å². The molecule has 0 atom stereocenters. The quantitative estimate of drug-likeness (QED) is 0.606. The van der Waals surface area contributed by atoms with Gasteiger partial charge in [0.2, 0.25) is 5.91 Å². The molecule has 7 heteroatoms. The molecule has 0 bridgehead atoms. The molecule has 23 heavy (non-hydrogen) atoms. The van der Waals surface area contributed by atoms with Crippen molar-refractivity contribution in [2.45, 2.75) is 17.9 Å². The molecule has 0 aliphatic carbocycles. The summed E-state index contributed by atoms with van der Waals surface area (Å²) in [7, 11) is 0. The lowest BCUT2D eigenvalue weighted by atomic mass is 9.97. The predicted molar refractivity (Wildman–Crippen MR) is 84.6 cm³/mol. The number of carbonyl (C=O) groups excluding carboxylic acids is 2. The van der Waals surface area contributed by atoms with Gasteiger partial charge in [0.25, 0.3) is 0 Å². The number of nitrogens with zero attached hydrogens (tertiary/aromatic N) is 3. The molecule has 1 aliphatic rings. The molecule has 0 spiro atoms. The van der Waals surface area contributed by atoms with Crippen LogP contribution in [0.3, 0.4) is 0 Å². The summed E-state index contributed by atoms with van der Waals surface area (Å²) in [6.45, 7) is 0.950. The number of fused-ring (bicyclic) bond motifs is 1. The SMILES string of the molecule is O=C([O-])C1CCN(C(=O)CSc2ncnc3ccccc23)CC1. The number of likely N-dealkylation sites (tertiary alicyclic amines) is 1. The summed E-state index contributed by atoms with van der Waals surface area (Å²) in [6, 6.07) is 7.68. The molecule has 0 saturated carbocycles. The molecule has 6 nitrogen and oxygen atoms in total. The van der Waals surface area contributed by atoms with Crippen molar-refractivity contribution in [1.29, 1.82) is 0 Å². The molecule has 2 aromatic rings. The second kappa shape index (κ2) is 6.95. The maximum atomic E-state index is 12.3. The molecule has 1 aromatic heterocycles. The van der Waals surface area contributed by atoms with E-state index in [1.165, 1.54) is 18.1 Å². The van der Waals surface area contributed by atoms with Gasteiger partial charge in [0, 0.05) is 30.4 Å². The minimum Gasteiger partial charge on any atom is -0.550 e. The predicted octanol–water partition coefficient (Wildman–Crippen LogP) is 0.710. The summed E-state index contributed by atoms with van der Waals surface area (Å²) in [4.78, 5) is 33.3. The lowest BCUT2D eigenvalue weighted by Crippen LogP contribution is -2.44. The number of piperidine rings is 1. The van der Waals surface area contributed by atoms with E-state index in [9.17, 15) is 14.7 Å². The van der Waals surface area contributed by atoms with Gasteiger partial charge in [0.05, 0.1) is 11.3 Å². The number of carboxylic acids is 1. The minimum atomic E-state index is -1.01. The topological polar surface area (TPSA) is 86.2 Å². The highest BCUT2D eigenvalue weighted by atomic mass is 32.2. The van der Waals surface area contributed by atoms with Gasteiger partial charge in [-0.05, 0) is 18.9 Å². The average Bonchev–Trinajstić information content (AvgIpc) is 2.59. The summed E-state index contributed by atoms with van der Waals surface area (Å²) in [5.74, 6) is -1.15. The van der Waals surface area contributed by atoms with Crippen LogP contribution < -0.4 is 5.11 Å². The molecule has 1 fully saturated rings. The molecule has 1 amide bonds. The Kier molecular flexibility index (Phi) is 4.76. The van der Waals surface area contributed by atoms with Crippen molar-refractivity contribution >= 4 is 34.5 Å². The third kappa shape index (κ3) is 3.61. The third-order valence-electron chi connectivity index (χ3n) is 4.02. The Morgan fingerprint density at radius 3 is 2.70 bits per heavy atom. The van der Waals surface area contributed by atoms with Gasteiger partial charge in [-0.3, -0.25) is 4.79 Å². The molecule has 3 rings (SSSR count). The first-order chi connectivity index (χ1) is 11.1. The van der Waals surface area contributed by atoms with Gasteiger partial charge in [-0.2, -0.15) is 0 Å². The Labute approximate surface area is 137 Å². The zero-order chi connectivity index (χ0) is 16.2. The van der Waals surface area contributed by atoms with Crippen molar-refractivity contribution in [3.8, 4) is 0 Å². The van der Waals surface area contributed by atoms with Crippen LogP contribution in [0, 0.1) is 5.92 Å². The normalized spacial score (nSPS) is 15.7. The number of aliphatic carboxylic acids is 1. The van der Waals surface area contributed by atoms with Crippen molar-refractivity contribution in [2.24, 2.45) is 5.92 Å². The zero-order valence-electron chi connectivity index (χ0n) is 12.5. The van der Waals surface area contributed by atoms with Crippen molar-refractivity contribution in [2.75, 3.05) is 18.8 Å². The molecule has 120 valence electrons. The summed E-state index contributed by atoms with van der Waals surface area (Å²) < 4.78 is 0. The van der Waals surface area contributed by atoms with Crippen molar-refractivity contribution in [1.82, 2.24) is 14.9 Å². The average molecular weight is 330 g/mol. The molecule has 1 aromatic carbocycles. The number of carboxylic acid groups (broad SMARTS) is 1. The maximum absolute atomic E-state index is 12.3. The second-order valence-corrected chi connectivity index (χ2v) is 6.42. The van der Waals surface area contributed by atoms with Gasteiger partial charge in [0.15, 0.2) is 0 Å². The van der Waals surface area contributed by atoms with Gasteiger partial charge >= 0.3 is 0 Å². The monoisotopic (exact) mass is 330 g/mol. The van der Waals surface area contributed by atoms with Gasteiger partial charge in [0.1, 0.15) is 11.4 Å². The van der Waals surface area contributed by atoms with Crippen LogP contribution >= 0.6 is 11.8 Å². The first-order valence-electron chi connectivity index (χ1n) is 7.46.